The third-order valence-corrected chi connectivity index (χ3v) is 16.9. The Morgan fingerprint density at radius 2 is 1.57 bits per heavy atom. The minimum absolute atomic E-state index is 0.00902. The minimum Gasteiger partial charge on any atom is -0.756 e. The lowest BCUT2D eigenvalue weighted by Gasteiger charge is -2.37. The van der Waals surface area contributed by atoms with Crippen molar-refractivity contribution in [3.63, 3.8) is 0 Å². The lowest BCUT2D eigenvalue weighted by atomic mass is 10.0. The molecule has 4 aliphatic rings. The first-order valence-electron chi connectivity index (χ1n) is 21.7. The number of hydrogen-bond donors (Lipinski definition) is 7. The van der Waals surface area contributed by atoms with Crippen LogP contribution in [0, 0.1) is 0 Å². The molecule has 0 aromatic carbocycles. The summed E-state index contributed by atoms with van der Waals surface area (Å²) in [5, 5.41) is 32.6. The predicted molar refractivity (Wildman–Crippen MR) is 231 cm³/mol. The van der Waals surface area contributed by atoms with Crippen LogP contribution in [0.4, 0.5) is 11.8 Å². The second kappa shape index (κ2) is 20.3. The van der Waals surface area contributed by atoms with Gasteiger partial charge in [-0.05, 0) is 13.8 Å². The third-order valence-electron chi connectivity index (χ3n) is 11.8. The Bertz CT molecular complexity index is 3370. The molecule has 41 heteroatoms. The van der Waals surface area contributed by atoms with Crippen LogP contribution < -0.4 is 52.4 Å². The van der Waals surface area contributed by atoms with Crippen LogP contribution >= 0.6 is 31.3 Å². The number of aromatic nitrogens is 10. The smallest absolute Gasteiger partial charge is 0.330 e. The fraction of sp³-hybridized carbons (Fsp3) is 0.588. The van der Waals surface area contributed by atoms with Gasteiger partial charge >= 0.3 is 11.3 Å². The van der Waals surface area contributed by atoms with E-state index in [-0.39, 0.29) is 34.1 Å². The zero-order valence-electron chi connectivity index (χ0n) is 38.5. The Hall–Kier alpha value is -4.62. The number of aliphatic hydroxyl groups is 3. The van der Waals surface area contributed by atoms with Gasteiger partial charge in [-0.3, -0.25) is 51.5 Å². The molecular formula is C34H43N12O25P4-3. The molecule has 4 aliphatic heterocycles. The Morgan fingerprint density at radius 1 is 0.880 bits per heavy atom. The molecule has 0 saturated carbocycles. The number of nitrogens with zero attached hydrogens (tertiary/aromatic N) is 8. The number of phosphoric acid groups is 4. The van der Waals surface area contributed by atoms with Crippen molar-refractivity contribution in [1.82, 2.24) is 43.6 Å². The summed E-state index contributed by atoms with van der Waals surface area (Å²) in [6, 6.07) is 0.965. The second-order valence-corrected chi connectivity index (χ2v) is 23.2. The fourth-order valence-electron chi connectivity index (χ4n) is 8.67. The summed E-state index contributed by atoms with van der Waals surface area (Å²) in [4.78, 5) is 109. The Morgan fingerprint density at radius 3 is 2.28 bits per heavy atom. The summed E-state index contributed by atoms with van der Waals surface area (Å²) in [5.41, 5.74) is 6.62. The first-order valence-corrected chi connectivity index (χ1v) is 27.5. The molecule has 9 heterocycles. The van der Waals surface area contributed by atoms with Gasteiger partial charge in [0.05, 0.1) is 45.9 Å². The van der Waals surface area contributed by atoms with Gasteiger partial charge in [0.25, 0.3) is 48.4 Å². The second-order valence-electron chi connectivity index (χ2n) is 17.3. The normalized spacial score (nSPS) is 32.0. The molecule has 37 nitrogen and oxygen atoms in total. The Labute approximate surface area is 416 Å². The largest absolute Gasteiger partial charge is 0.756 e. The molecule has 75 heavy (non-hydrogen) atoms. The summed E-state index contributed by atoms with van der Waals surface area (Å²) in [5.74, 6) is -0.430. The molecule has 0 amide bonds. The van der Waals surface area contributed by atoms with Gasteiger partial charge in [-0.15, -0.1) is 0 Å². The van der Waals surface area contributed by atoms with E-state index in [2.05, 4.69) is 38.1 Å². The van der Waals surface area contributed by atoms with Crippen molar-refractivity contribution < 1.29 is 108 Å². The number of aromatic amines is 2. The van der Waals surface area contributed by atoms with Crippen molar-refractivity contribution in [3.8, 4) is 0 Å². The quantitative estimate of drug-likeness (QED) is 0.0282. The van der Waals surface area contributed by atoms with Crippen molar-refractivity contribution in [2.45, 2.75) is 93.1 Å². The van der Waals surface area contributed by atoms with Crippen LogP contribution in [0.5, 0.6) is 0 Å². The van der Waals surface area contributed by atoms with Gasteiger partial charge in [-0.1, -0.05) is 4.98 Å². The van der Waals surface area contributed by atoms with Crippen LogP contribution in [-0.4, -0.2) is 146 Å². The number of nitrogens with one attached hydrogen (secondary N) is 2. The zero-order chi connectivity index (χ0) is 54.3. The highest BCUT2D eigenvalue weighted by Crippen LogP contribution is 2.64. The molecule has 2 bridgehead atoms. The summed E-state index contributed by atoms with van der Waals surface area (Å²) in [6.07, 6.45) is -14.2. The molecule has 5 aromatic rings. The lowest BCUT2D eigenvalue weighted by Crippen LogP contribution is -2.46. The first kappa shape index (κ1) is 55.1. The third kappa shape index (κ3) is 11.1. The fourth-order valence-corrected chi connectivity index (χ4v) is 13.1. The average Bonchev–Trinajstić information content (AvgIpc) is 4.14. The Kier molecular flexibility index (Phi) is 14.9. The molecule has 5 aromatic heterocycles. The van der Waals surface area contributed by atoms with Crippen molar-refractivity contribution >= 4 is 65.4 Å². The molecule has 4 fully saturated rings. The number of ether oxygens (including phenoxy) is 5. The molecule has 9 rings (SSSR count). The molecule has 16 atom stereocenters. The molecular weight excluding hydrogens is 1100 g/mol. The van der Waals surface area contributed by atoms with Crippen LogP contribution in [0.3, 0.4) is 0 Å². The highest BCUT2D eigenvalue weighted by atomic mass is 31.3. The summed E-state index contributed by atoms with van der Waals surface area (Å²) >= 11 is 0. The van der Waals surface area contributed by atoms with Gasteiger partial charge < -0.3 is 88.1 Å². The molecule has 412 valence electrons. The Balaban J connectivity index is 0.879. The number of rotatable bonds is 20. The predicted octanol–water partition coefficient (Wildman–Crippen LogP) is -6.22. The maximum Gasteiger partial charge on any atom is 0.330 e. The number of fused-ring (bicyclic) bond motifs is 4. The number of imidazole rings is 2. The maximum absolute atomic E-state index is 13.7. The number of phosphoric ester groups is 3. The number of aliphatic hydroxyl groups excluding tert-OH is 3. The molecule has 0 aliphatic carbocycles. The highest BCUT2D eigenvalue weighted by Gasteiger charge is 2.65. The molecule has 0 radical (unpaired) electrons. The van der Waals surface area contributed by atoms with Gasteiger partial charge in [0.1, 0.15) is 66.3 Å². The van der Waals surface area contributed by atoms with Crippen LogP contribution in [0.15, 0.2) is 45.6 Å². The van der Waals surface area contributed by atoms with E-state index in [4.69, 9.17) is 48.7 Å². The number of hydrogen-bond acceptors (Lipinski definition) is 31. The number of H-pyrrole nitrogens is 2. The van der Waals surface area contributed by atoms with Gasteiger partial charge in [0.2, 0.25) is 11.7 Å². The van der Waals surface area contributed by atoms with Crippen LogP contribution in [0.25, 0.3) is 22.3 Å². The molecule has 0 spiro atoms. The van der Waals surface area contributed by atoms with Crippen molar-refractivity contribution in [1.29, 1.82) is 0 Å². The van der Waals surface area contributed by atoms with E-state index < -0.39 is 154 Å². The maximum atomic E-state index is 13.7. The molecule has 7 unspecified atom stereocenters. The van der Waals surface area contributed by atoms with Crippen molar-refractivity contribution in [2.24, 2.45) is 7.05 Å². The first-order chi connectivity index (χ1) is 35.1. The number of nitrogen functional groups attached to an aromatic ring is 2. The van der Waals surface area contributed by atoms with Gasteiger partial charge in [0.15, 0.2) is 30.2 Å². The van der Waals surface area contributed by atoms with E-state index in [0.717, 1.165) is 34.1 Å². The summed E-state index contributed by atoms with van der Waals surface area (Å²) in [7, 11) is -23.4. The van der Waals surface area contributed by atoms with Crippen LogP contribution in [0.2, 0.25) is 0 Å². The van der Waals surface area contributed by atoms with E-state index in [9.17, 15) is 67.5 Å². The SMILES string of the molecule is CC(C)O[C@@H]1C(O)[C@H](n2ccc(=O)[nH]c2=O)O[C@@H]1COP(=O)([O-])O[C@@H]1C2OC[C@]1(COP(=O)([O-])OP(=O)([O-])OP(=O)([O-])OC[C@H]1O[C@@H]([n+]3cn(C)c4c(=O)[nH]c(N)nc43)C(O)[C@H]1O)O[C@H]2n1cnc2c(N)ncnc21. The van der Waals surface area contributed by atoms with Gasteiger partial charge in [0, 0.05) is 12.3 Å². The lowest BCUT2D eigenvalue weighted by molar-refractivity contribution is -0.745. The van der Waals surface area contributed by atoms with E-state index >= 15 is 0 Å². The van der Waals surface area contributed by atoms with Gasteiger partial charge in [-0.2, -0.15) is 0 Å². The topological polar surface area (TPSA) is 528 Å². The zero-order valence-corrected chi connectivity index (χ0v) is 42.1. The van der Waals surface area contributed by atoms with Crippen LogP contribution in [-0.2, 0) is 75.7 Å². The summed E-state index contributed by atoms with van der Waals surface area (Å²) in [6.45, 7) is -1.20. The van der Waals surface area contributed by atoms with E-state index in [0.29, 0.717) is 0 Å². The average molecular weight is 1140 g/mol. The number of nitrogens with two attached hydrogens (primary N) is 2. The minimum atomic E-state index is -6.59. The number of anilines is 2. The van der Waals surface area contributed by atoms with E-state index in [1.807, 2.05) is 4.98 Å². The number of aryl methyl sites for hydroxylation is 1. The molecule has 9 N–H and O–H groups in total. The highest BCUT2D eigenvalue weighted by molar-refractivity contribution is 7.65. The van der Waals surface area contributed by atoms with Crippen LogP contribution in [0.1, 0.15) is 32.5 Å². The van der Waals surface area contributed by atoms with Crippen molar-refractivity contribution in [2.75, 3.05) is 37.9 Å². The summed E-state index contributed by atoms with van der Waals surface area (Å²) < 4.78 is 114. The standard InChI is InChI=1S/C34H46N12O25P4/c1-13(2)65-22-15(67-30(21(22)50)44-5-4-16(47)40-33(44)52)7-62-72(53,54)69-24-23-31(45-11-39-17-25(35)37-10-38-26(17)45)68-34(24,8-61-23)9-64-74(57,58)71-75(59,60)70-73(55,56)63-6-14-19(48)20(49)29(66-14)46-12-43(3)18-27(46)41-32(36)42-28(18)51/h4-5,10-15,19-24,29-31,48-50H,6-9H2,1-3H3,(H9-,35,36,37,38,40,41,42,47,51,52,53,54,55,56,57,58,59,60)/p-3/t14-,15-,19+,20?,21?,22+,23?,24-,29-,30-,31-,34-/m1/s1. The van der Waals surface area contributed by atoms with Gasteiger partial charge in [-0.25, -0.2) is 32.9 Å². The van der Waals surface area contributed by atoms with E-state index in [1.165, 1.54) is 22.5 Å². The van der Waals surface area contributed by atoms with Crippen molar-refractivity contribution in [3.05, 3.63) is 62.4 Å². The van der Waals surface area contributed by atoms with E-state index in [1.54, 1.807) is 13.8 Å². The monoisotopic (exact) mass is 1140 g/mol. The molecule has 4 saturated heterocycles.